The van der Waals surface area contributed by atoms with Crippen LogP contribution in [0.2, 0.25) is 0 Å². The van der Waals surface area contributed by atoms with E-state index in [9.17, 15) is 14.4 Å². The number of benzene rings is 1. The number of aromatic amines is 1. The maximum absolute atomic E-state index is 12.7. The average Bonchev–Trinajstić information content (AvgIpc) is 2.95. The van der Waals surface area contributed by atoms with Gasteiger partial charge in [-0.25, -0.2) is 9.59 Å². The van der Waals surface area contributed by atoms with Crippen LogP contribution in [0.3, 0.4) is 0 Å². The predicted molar refractivity (Wildman–Crippen MR) is 98.4 cm³/mol. The van der Waals surface area contributed by atoms with Gasteiger partial charge in [-0.2, -0.15) is 0 Å². The van der Waals surface area contributed by atoms with Crippen molar-refractivity contribution in [3.63, 3.8) is 0 Å². The number of rotatable bonds is 7. The molecule has 1 atom stereocenters. The van der Waals surface area contributed by atoms with Crippen LogP contribution in [0.5, 0.6) is 5.75 Å². The molecule has 0 unspecified atom stereocenters. The number of carbonyl (C=O) groups excluding carboxylic acids is 3. The Bertz CT molecular complexity index is 850. The lowest BCUT2D eigenvalue weighted by Gasteiger charge is -2.14. The minimum atomic E-state index is -0.791. The molecule has 144 valence electrons. The Morgan fingerprint density at radius 1 is 1.07 bits per heavy atom. The van der Waals surface area contributed by atoms with Crippen LogP contribution in [0, 0.1) is 13.8 Å². The van der Waals surface area contributed by atoms with Crippen molar-refractivity contribution in [2.75, 3.05) is 13.7 Å². The Morgan fingerprint density at radius 3 is 2.26 bits per heavy atom. The molecule has 7 heteroatoms. The van der Waals surface area contributed by atoms with Crippen molar-refractivity contribution in [1.29, 1.82) is 0 Å². The zero-order chi connectivity index (χ0) is 20.1. The Labute approximate surface area is 157 Å². The van der Waals surface area contributed by atoms with Gasteiger partial charge in [0.05, 0.1) is 30.5 Å². The third kappa shape index (κ3) is 4.36. The number of ether oxygens (including phenoxy) is 3. The summed E-state index contributed by atoms with van der Waals surface area (Å²) >= 11 is 0. The second-order valence-electron chi connectivity index (χ2n) is 5.99. The monoisotopic (exact) mass is 373 g/mol. The number of Topliss-reactive ketones (excluding diaryl/α,β-unsaturated/α-hetero) is 1. The smallest absolute Gasteiger partial charge is 0.339 e. The highest BCUT2D eigenvalue weighted by atomic mass is 16.5. The molecule has 0 spiro atoms. The number of esters is 2. The number of methoxy groups -OCH3 is 1. The van der Waals surface area contributed by atoms with E-state index < -0.39 is 18.0 Å². The Hall–Kier alpha value is -3.09. The molecule has 1 N–H and O–H groups in total. The quantitative estimate of drug-likeness (QED) is 0.591. The number of hydrogen-bond donors (Lipinski definition) is 1. The number of H-pyrrole nitrogens is 1. The summed E-state index contributed by atoms with van der Waals surface area (Å²) in [5.74, 6) is -0.761. The minimum Gasteiger partial charge on any atom is -0.483 e. The van der Waals surface area contributed by atoms with Gasteiger partial charge in [0.2, 0.25) is 5.78 Å². The molecule has 0 saturated heterocycles. The van der Waals surface area contributed by atoms with Crippen LogP contribution >= 0.6 is 0 Å². The Morgan fingerprint density at radius 2 is 1.70 bits per heavy atom. The second kappa shape index (κ2) is 8.53. The molecule has 1 heterocycles. The maximum Gasteiger partial charge on any atom is 0.339 e. The molecule has 0 fully saturated rings. The number of aryl methyl sites for hydroxylation is 1. The van der Waals surface area contributed by atoms with Crippen molar-refractivity contribution in [2.24, 2.45) is 0 Å². The van der Waals surface area contributed by atoms with Gasteiger partial charge in [0.1, 0.15) is 5.75 Å². The van der Waals surface area contributed by atoms with Gasteiger partial charge < -0.3 is 19.2 Å². The van der Waals surface area contributed by atoms with Gasteiger partial charge in [-0.15, -0.1) is 0 Å². The first-order valence-electron chi connectivity index (χ1n) is 8.55. The first kappa shape index (κ1) is 20.2. The molecule has 0 saturated carbocycles. The van der Waals surface area contributed by atoms with Crippen molar-refractivity contribution in [2.45, 2.75) is 33.8 Å². The molecule has 0 aliphatic carbocycles. The fourth-order valence-electron chi connectivity index (χ4n) is 2.75. The van der Waals surface area contributed by atoms with Crippen molar-refractivity contribution in [3.05, 3.63) is 52.3 Å². The van der Waals surface area contributed by atoms with Crippen molar-refractivity contribution >= 4 is 17.7 Å². The second-order valence-corrected chi connectivity index (χ2v) is 5.99. The number of aromatic nitrogens is 1. The maximum atomic E-state index is 12.7. The fourth-order valence-corrected chi connectivity index (χ4v) is 2.75. The molecule has 0 amide bonds. The zero-order valence-electron chi connectivity index (χ0n) is 16.0. The number of ketones is 1. The lowest BCUT2D eigenvalue weighted by atomic mass is 10.1. The third-order valence-electron chi connectivity index (χ3n) is 4.12. The molecule has 0 bridgehead atoms. The molecule has 1 aromatic carbocycles. The predicted octanol–water partition coefficient (Wildman–Crippen LogP) is 3.25. The van der Waals surface area contributed by atoms with Crippen molar-refractivity contribution in [3.8, 4) is 5.75 Å². The molecule has 1 aromatic heterocycles. The largest absolute Gasteiger partial charge is 0.483 e. The first-order chi connectivity index (χ1) is 12.8. The number of carbonyl (C=O) groups is 3. The van der Waals surface area contributed by atoms with Gasteiger partial charge in [0.25, 0.3) is 0 Å². The number of hydrogen-bond acceptors (Lipinski definition) is 6. The van der Waals surface area contributed by atoms with E-state index in [1.165, 1.54) is 7.11 Å². The van der Waals surface area contributed by atoms with E-state index in [0.29, 0.717) is 40.4 Å². The third-order valence-corrected chi connectivity index (χ3v) is 4.12. The SMILES string of the molecule is CCOC(=O)c1ccc(O[C@H](C)C(=O)c2[nH]c(C)c(C(=O)OC)c2C)cc1. The molecule has 0 aliphatic heterocycles. The normalized spacial score (nSPS) is 11.6. The van der Waals surface area contributed by atoms with Crippen LogP contribution in [0.25, 0.3) is 0 Å². The average molecular weight is 373 g/mol. The summed E-state index contributed by atoms with van der Waals surface area (Å²) in [4.78, 5) is 39.2. The van der Waals surface area contributed by atoms with E-state index in [2.05, 4.69) is 4.98 Å². The van der Waals surface area contributed by atoms with Crippen LogP contribution in [0.15, 0.2) is 24.3 Å². The van der Waals surface area contributed by atoms with Crippen molar-refractivity contribution in [1.82, 2.24) is 4.98 Å². The summed E-state index contributed by atoms with van der Waals surface area (Å²) in [5.41, 5.74) is 2.16. The highest BCUT2D eigenvalue weighted by Crippen LogP contribution is 2.22. The summed E-state index contributed by atoms with van der Waals surface area (Å²) in [7, 11) is 1.29. The van der Waals surface area contributed by atoms with E-state index in [1.807, 2.05) is 0 Å². The standard InChI is InChI=1S/C20H23NO6/c1-6-26-19(23)14-7-9-15(10-8-14)27-13(4)18(22)17-11(2)16(12(3)21-17)20(24)25-5/h7-10,13,21H,6H2,1-5H3/t13-/m1/s1. The van der Waals surface area contributed by atoms with Gasteiger partial charge >= 0.3 is 11.9 Å². The van der Waals surface area contributed by atoms with E-state index in [-0.39, 0.29) is 5.78 Å². The molecule has 2 rings (SSSR count). The Kier molecular flexibility index (Phi) is 6.39. The topological polar surface area (TPSA) is 94.7 Å². The van der Waals surface area contributed by atoms with Gasteiger partial charge in [-0.3, -0.25) is 4.79 Å². The van der Waals surface area contributed by atoms with E-state index in [4.69, 9.17) is 14.2 Å². The van der Waals surface area contributed by atoms with E-state index in [0.717, 1.165) is 0 Å². The van der Waals surface area contributed by atoms with Gasteiger partial charge in [-0.05, 0) is 57.5 Å². The van der Waals surface area contributed by atoms with E-state index >= 15 is 0 Å². The Balaban J connectivity index is 2.14. The molecule has 0 aliphatic rings. The van der Waals surface area contributed by atoms with Gasteiger partial charge in [0, 0.05) is 5.69 Å². The van der Waals surface area contributed by atoms with Crippen LogP contribution in [-0.2, 0) is 9.47 Å². The van der Waals surface area contributed by atoms with Crippen LogP contribution < -0.4 is 4.74 Å². The number of nitrogens with one attached hydrogen (secondary N) is 1. The summed E-state index contributed by atoms with van der Waals surface area (Å²) in [6.07, 6.45) is -0.791. The lowest BCUT2D eigenvalue weighted by Crippen LogP contribution is -2.25. The van der Waals surface area contributed by atoms with Crippen molar-refractivity contribution < 1.29 is 28.6 Å². The van der Waals surface area contributed by atoms with Gasteiger partial charge in [0.15, 0.2) is 6.10 Å². The molecule has 27 heavy (non-hydrogen) atoms. The summed E-state index contributed by atoms with van der Waals surface area (Å²) in [6, 6.07) is 6.35. The lowest BCUT2D eigenvalue weighted by molar-refractivity contribution is 0.0524. The highest BCUT2D eigenvalue weighted by molar-refractivity contribution is 6.03. The summed E-state index contributed by atoms with van der Waals surface area (Å²) in [5, 5.41) is 0. The summed E-state index contributed by atoms with van der Waals surface area (Å²) in [6.45, 7) is 7.04. The van der Waals surface area contributed by atoms with Crippen LogP contribution in [-0.4, -0.2) is 42.5 Å². The van der Waals surface area contributed by atoms with Gasteiger partial charge in [-0.1, -0.05) is 0 Å². The molecular formula is C20H23NO6. The minimum absolute atomic E-state index is 0.291. The molecule has 0 radical (unpaired) electrons. The summed E-state index contributed by atoms with van der Waals surface area (Å²) < 4.78 is 15.4. The molecular weight excluding hydrogens is 350 g/mol. The highest BCUT2D eigenvalue weighted by Gasteiger charge is 2.26. The molecule has 2 aromatic rings. The zero-order valence-corrected chi connectivity index (χ0v) is 16.0. The fraction of sp³-hybridized carbons (Fsp3) is 0.350. The van der Waals surface area contributed by atoms with Crippen LogP contribution in [0.1, 0.15) is 56.3 Å². The first-order valence-corrected chi connectivity index (χ1v) is 8.55. The van der Waals surface area contributed by atoms with E-state index in [1.54, 1.807) is 52.0 Å². The van der Waals surface area contributed by atoms with Crippen LogP contribution in [0.4, 0.5) is 0 Å². The molecule has 7 nitrogen and oxygen atoms in total.